The van der Waals surface area contributed by atoms with Crippen molar-refractivity contribution in [2.45, 2.75) is 46.0 Å². The largest absolute Gasteiger partial charge is 0.363 e. The van der Waals surface area contributed by atoms with Gasteiger partial charge in [0.1, 0.15) is 6.26 Å². The summed E-state index contributed by atoms with van der Waals surface area (Å²) in [7, 11) is -3.41. The summed E-state index contributed by atoms with van der Waals surface area (Å²) in [6.07, 6.45) is 5.41. The maximum absolute atomic E-state index is 12.3. The van der Waals surface area contributed by atoms with Gasteiger partial charge >= 0.3 is 0 Å². The maximum atomic E-state index is 12.3. The van der Waals surface area contributed by atoms with Crippen LogP contribution in [0.3, 0.4) is 0 Å². The van der Waals surface area contributed by atoms with Crippen molar-refractivity contribution in [3.63, 3.8) is 0 Å². The minimum absolute atomic E-state index is 0.0763. The van der Waals surface area contributed by atoms with Crippen molar-refractivity contribution in [3.8, 4) is 0 Å². The predicted molar refractivity (Wildman–Crippen MR) is 84.9 cm³/mol. The molecule has 0 aliphatic rings. The standard InChI is InChI=1S/C14H25N3O4S/c1-3-5-7-9-17(22(19,20)11-6-4-2)12-14(18)15-13-8-10-21-16-13/h8,10H,3-7,9,11-12H2,1-2H3,(H,15,16,18). The van der Waals surface area contributed by atoms with E-state index < -0.39 is 15.9 Å². The van der Waals surface area contributed by atoms with Crippen molar-refractivity contribution in [2.75, 3.05) is 24.2 Å². The van der Waals surface area contributed by atoms with Crippen molar-refractivity contribution in [1.29, 1.82) is 0 Å². The molecular weight excluding hydrogens is 306 g/mol. The molecule has 0 fully saturated rings. The molecule has 1 aromatic heterocycles. The Kier molecular flexibility index (Phi) is 8.11. The first-order valence-electron chi connectivity index (χ1n) is 7.67. The van der Waals surface area contributed by atoms with Crippen LogP contribution >= 0.6 is 0 Å². The summed E-state index contributed by atoms with van der Waals surface area (Å²) in [6.45, 7) is 4.16. The van der Waals surface area contributed by atoms with Crippen LogP contribution in [-0.2, 0) is 14.8 Å². The zero-order valence-corrected chi connectivity index (χ0v) is 14.1. The number of hydrogen-bond donors (Lipinski definition) is 1. The number of aromatic nitrogens is 1. The van der Waals surface area contributed by atoms with Gasteiger partial charge in [-0.25, -0.2) is 8.42 Å². The number of sulfonamides is 1. The summed E-state index contributed by atoms with van der Waals surface area (Å²) in [6, 6.07) is 1.50. The smallest absolute Gasteiger partial charge is 0.240 e. The fraction of sp³-hybridized carbons (Fsp3) is 0.714. The Morgan fingerprint density at radius 1 is 1.27 bits per heavy atom. The fourth-order valence-corrected chi connectivity index (χ4v) is 3.56. The van der Waals surface area contributed by atoms with Gasteiger partial charge in [0.25, 0.3) is 0 Å². The third kappa shape index (κ3) is 6.57. The molecule has 0 spiro atoms. The molecule has 0 bridgehead atoms. The predicted octanol–water partition coefficient (Wildman–Crippen LogP) is 2.24. The highest BCUT2D eigenvalue weighted by molar-refractivity contribution is 7.89. The number of anilines is 1. The monoisotopic (exact) mass is 331 g/mol. The molecule has 0 aliphatic carbocycles. The number of carbonyl (C=O) groups is 1. The molecule has 0 saturated carbocycles. The molecule has 0 radical (unpaired) electrons. The Morgan fingerprint density at radius 2 is 2.00 bits per heavy atom. The molecule has 1 N–H and O–H groups in total. The summed E-state index contributed by atoms with van der Waals surface area (Å²) >= 11 is 0. The van der Waals surface area contributed by atoms with Crippen LogP contribution in [0.15, 0.2) is 16.9 Å². The Labute approximate surface area is 132 Å². The van der Waals surface area contributed by atoms with Crippen molar-refractivity contribution in [2.24, 2.45) is 0 Å². The lowest BCUT2D eigenvalue weighted by Crippen LogP contribution is -2.40. The lowest BCUT2D eigenvalue weighted by Gasteiger charge is -2.21. The number of nitrogens with zero attached hydrogens (tertiary/aromatic N) is 2. The number of nitrogens with one attached hydrogen (secondary N) is 1. The van der Waals surface area contributed by atoms with Gasteiger partial charge in [-0.05, 0) is 12.8 Å². The van der Waals surface area contributed by atoms with Gasteiger partial charge in [-0.15, -0.1) is 0 Å². The first-order chi connectivity index (χ1) is 10.5. The van der Waals surface area contributed by atoms with E-state index in [-0.39, 0.29) is 18.1 Å². The third-order valence-corrected chi connectivity index (χ3v) is 5.09. The van der Waals surface area contributed by atoms with Gasteiger partial charge in [-0.3, -0.25) is 4.79 Å². The van der Waals surface area contributed by atoms with E-state index in [9.17, 15) is 13.2 Å². The average molecular weight is 331 g/mol. The summed E-state index contributed by atoms with van der Waals surface area (Å²) in [5.41, 5.74) is 0. The van der Waals surface area contributed by atoms with E-state index in [1.165, 1.54) is 16.6 Å². The van der Waals surface area contributed by atoms with Crippen molar-refractivity contribution in [1.82, 2.24) is 9.46 Å². The Balaban J connectivity index is 2.65. The molecule has 0 saturated heterocycles. The molecule has 0 aliphatic heterocycles. The highest BCUT2D eigenvalue weighted by Crippen LogP contribution is 2.09. The third-order valence-electron chi connectivity index (χ3n) is 3.19. The van der Waals surface area contributed by atoms with Crippen LogP contribution in [0.5, 0.6) is 0 Å². The molecule has 1 amide bonds. The quantitative estimate of drug-likeness (QED) is 0.628. The first kappa shape index (κ1) is 18.6. The van der Waals surface area contributed by atoms with Crippen molar-refractivity contribution >= 4 is 21.7 Å². The molecule has 126 valence electrons. The van der Waals surface area contributed by atoms with E-state index in [0.29, 0.717) is 13.0 Å². The zero-order chi connectivity index (χ0) is 16.4. The SMILES string of the molecule is CCCCCN(CC(=O)Nc1ccon1)S(=O)(=O)CCCC. The average Bonchev–Trinajstić information content (AvgIpc) is 2.97. The van der Waals surface area contributed by atoms with Crippen molar-refractivity contribution in [3.05, 3.63) is 12.3 Å². The molecule has 1 rings (SSSR count). The van der Waals surface area contributed by atoms with Crippen LogP contribution in [0.25, 0.3) is 0 Å². The van der Waals surface area contributed by atoms with Crippen molar-refractivity contribution < 1.29 is 17.7 Å². The van der Waals surface area contributed by atoms with Crippen LogP contribution in [0.4, 0.5) is 5.82 Å². The lowest BCUT2D eigenvalue weighted by atomic mass is 10.2. The number of carbonyl (C=O) groups excluding carboxylic acids is 1. The number of unbranched alkanes of at least 4 members (excludes halogenated alkanes) is 3. The molecule has 7 nitrogen and oxygen atoms in total. The second kappa shape index (κ2) is 9.58. The minimum Gasteiger partial charge on any atom is -0.363 e. The minimum atomic E-state index is -3.41. The van der Waals surface area contributed by atoms with E-state index >= 15 is 0 Å². The van der Waals surface area contributed by atoms with Crippen LogP contribution < -0.4 is 5.32 Å². The van der Waals surface area contributed by atoms with Gasteiger partial charge in [-0.2, -0.15) is 4.31 Å². The van der Waals surface area contributed by atoms with Crippen LogP contribution in [-0.4, -0.2) is 42.6 Å². The van der Waals surface area contributed by atoms with Gasteiger partial charge in [0.15, 0.2) is 5.82 Å². The topological polar surface area (TPSA) is 92.5 Å². The summed E-state index contributed by atoms with van der Waals surface area (Å²) < 4.78 is 30.6. The second-order valence-corrected chi connectivity index (χ2v) is 7.23. The second-order valence-electron chi connectivity index (χ2n) is 5.14. The molecule has 1 heterocycles. The number of rotatable bonds is 11. The van der Waals surface area contributed by atoms with Gasteiger partial charge in [0.2, 0.25) is 15.9 Å². The molecule has 1 aromatic rings. The highest BCUT2D eigenvalue weighted by Gasteiger charge is 2.23. The van der Waals surface area contributed by atoms with Crippen LogP contribution in [0, 0.1) is 0 Å². The number of amides is 1. The first-order valence-corrected chi connectivity index (χ1v) is 9.28. The van der Waals surface area contributed by atoms with Gasteiger partial charge in [0.05, 0.1) is 12.3 Å². The summed E-state index contributed by atoms with van der Waals surface area (Å²) in [4.78, 5) is 12.0. The van der Waals surface area contributed by atoms with Gasteiger partial charge in [0, 0.05) is 12.6 Å². The highest BCUT2D eigenvalue weighted by atomic mass is 32.2. The van der Waals surface area contributed by atoms with Crippen LogP contribution in [0.2, 0.25) is 0 Å². The lowest BCUT2D eigenvalue weighted by molar-refractivity contribution is -0.116. The number of hydrogen-bond acceptors (Lipinski definition) is 5. The Bertz CT molecular complexity index is 528. The zero-order valence-electron chi connectivity index (χ0n) is 13.2. The summed E-state index contributed by atoms with van der Waals surface area (Å²) in [5.74, 6) is -0.0534. The Morgan fingerprint density at radius 3 is 2.59 bits per heavy atom. The maximum Gasteiger partial charge on any atom is 0.240 e. The molecule has 0 unspecified atom stereocenters. The molecular formula is C14H25N3O4S. The molecule has 0 aromatic carbocycles. The van der Waals surface area contributed by atoms with E-state index in [1.54, 1.807) is 0 Å². The van der Waals surface area contributed by atoms with E-state index in [1.807, 2.05) is 13.8 Å². The van der Waals surface area contributed by atoms with Gasteiger partial charge < -0.3 is 9.84 Å². The van der Waals surface area contributed by atoms with Crippen LogP contribution in [0.1, 0.15) is 46.0 Å². The molecule has 22 heavy (non-hydrogen) atoms. The normalized spacial score (nSPS) is 11.8. The molecule has 0 atom stereocenters. The Hall–Kier alpha value is -1.41. The van der Waals surface area contributed by atoms with Gasteiger partial charge in [-0.1, -0.05) is 38.3 Å². The van der Waals surface area contributed by atoms with E-state index in [4.69, 9.17) is 0 Å². The molecule has 8 heteroatoms. The van der Waals surface area contributed by atoms with E-state index in [2.05, 4.69) is 15.0 Å². The summed E-state index contributed by atoms with van der Waals surface area (Å²) in [5, 5.41) is 6.10. The fourth-order valence-electron chi connectivity index (χ4n) is 1.93. The van der Waals surface area contributed by atoms with E-state index in [0.717, 1.165) is 25.7 Å².